The lowest BCUT2D eigenvalue weighted by Crippen LogP contribution is -2.32. The molecule has 0 radical (unpaired) electrons. The molecule has 2 rings (SSSR count). The largest absolute Gasteiger partial charge is 0.354 e. The summed E-state index contributed by atoms with van der Waals surface area (Å²) >= 11 is 15.6. The molecule has 2 heterocycles. The summed E-state index contributed by atoms with van der Waals surface area (Å²) in [6.07, 6.45) is 2.79. The van der Waals surface area contributed by atoms with Gasteiger partial charge < -0.3 is 9.80 Å². The minimum Gasteiger partial charge on any atom is -0.354 e. The summed E-state index contributed by atoms with van der Waals surface area (Å²) in [5.74, 6) is 0.849. The van der Waals surface area contributed by atoms with Crippen molar-refractivity contribution in [1.82, 2.24) is 9.88 Å². The maximum Gasteiger partial charge on any atom is 0.147 e. The first-order valence-electron chi connectivity index (χ1n) is 6.05. The molecule has 1 fully saturated rings. The van der Waals surface area contributed by atoms with Crippen molar-refractivity contribution in [3.8, 4) is 0 Å². The van der Waals surface area contributed by atoms with Crippen molar-refractivity contribution in [2.75, 3.05) is 43.0 Å². The average molecular weight is 353 g/mol. The van der Waals surface area contributed by atoms with Crippen LogP contribution >= 0.6 is 39.1 Å². The molecule has 1 saturated heterocycles. The van der Waals surface area contributed by atoms with Gasteiger partial charge in [0.15, 0.2) is 0 Å². The van der Waals surface area contributed by atoms with Gasteiger partial charge in [0.05, 0.1) is 10.0 Å². The van der Waals surface area contributed by atoms with Gasteiger partial charge in [0.2, 0.25) is 0 Å². The fourth-order valence-corrected chi connectivity index (χ4v) is 3.17. The first-order chi connectivity index (χ1) is 8.70. The molecule has 1 aliphatic rings. The van der Waals surface area contributed by atoms with E-state index in [0.717, 1.165) is 50.3 Å². The van der Waals surface area contributed by atoms with E-state index in [1.54, 1.807) is 12.3 Å². The minimum absolute atomic E-state index is 0.583. The predicted octanol–water partition coefficient (Wildman–Crippen LogP) is 3.30. The van der Waals surface area contributed by atoms with Crippen molar-refractivity contribution in [1.29, 1.82) is 0 Å². The van der Waals surface area contributed by atoms with Crippen LogP contribution in [0.5, 0.6) is 0 Å². The van der Waals surface area contributed by atoms with E-state index < -0.39 is 0 Å². The summed E-state index contributed by atoms with van der Waals surface area (Å²) in [5, 5.41) is 2.24. The Morgan fingerprint density at radius 2 is 2.06 bits per heavy atom. The SMILES string of the molecule is Clc1cnc(N2CCCN(CCBr)CC2)c(Cl)c1. The van der Waals surface area contributed by atoms with E-state index in [0.29, 0.717) is 10.0 Å². The number of alkyl halides is 1. The first kappa shape index (κ1) is 14.4. The van der Waals surface area contributed by atoms with Crippen LogP contribution in [0, 0.1) is 0 Å². The monoisotopic (exact) mass is 351 g/mol. The molecule has 0 aliphatic carbocycles. The second kappa shape index (κ2) is 6.94. The highest BCUT2D eigenvalue weighted by Gasteiger charge is 2.17. The summed E-state index contributed by atoms with van der Waals surface area (Å²) in [7, 11) is 0. The average Bonchev–Trinajstić information content (AvgIpc) is 2.55. The van der Waals surface area contributed by atoms with Gasteiger partial charge in [-0.1, -0.05) is 39.1 Å². The zero-order valence-corrected chi connectivity index (χ0v) is 13.2. The lowest BCUT2D eigenvalue weighted by Gasteiger charge is -2.23. The van der Waals surface area contributed by atoms with Crippen LogP contribution in [-0.2, 0) is 0 Å². The smallest absolute Gasteiger partial charge is 0.147 e. The Labute approximate surface area is 126 Å². The van der Waals surface area contributed by atoms with Gasteiger partial charge >= 0.3 is 0 Å². The van der Waals surface area contributed by atoms with Crippen LogP contribution in [0.2, 0.25) is 10.0 Å². The zero-order chi connectivity index (χ0) is 13.0. The topological polar surface area (TPSA) is 19.4 Å². The number of hydrogen-bond acceptors (Lipinski definition) is 3. The van der Waals surface area contributed by atoms with E-state index in [2.05, 4.69) is 30.7 Å². The fourth-order valence-electron chi connectivity index (χ4n) is 2.17. The van der Waals surface area contributed by atoms with Crippen molar-refractivity contribution in [3.05, 3.63) is 22.3 Å². The van der Waals surface area contributed by atoms with Crippen LogP contribution in [0.15, 0.2) is 12.3 Å². The van der Waals surface area contributed by atoms with Crippen LogP contribution in [0.3, 0.4) is 0 Å². The van der Waals surface area contributed by atoms with E-state index in [9.17, 15) is 0 Å². The number of halogens is 3. The number of pyridine rings is 1. The third-order valence-corrected chi connectivity index (χ3v) is 3.92. The number of aromatic nitrogens is 1. The highest BCUT2D eigenvalue weighted by atomic mass is 79.9. The minimum atomic E-state index is 0.583. The normalized spacial score (nSPS) is 17.8. The lowest BCUT2D eigenvalue weighted by atomic mass is 10.3. The van der Waals surface area contributed by atoms with Crippen LogP contribution < -0.4 is 4.90 Å². The summed E-state index contributed by atoms with van der Waals surface area (Å²) in [5.41, 5.74) is 0. The molecule has 1 aromatic heterocycles. The Morgan fingerprint density at radius 3 is 2.78 bits per heavy atom. The highest BCUT2D eigenvalue weighted by Crippen LogP contribution is 2.26. The van der Waals surface area contributed by atoms with Crippen molar-refractivity contribution < 1.29 is 0 Å². The molecule has 0 atom stereocenters. The van der Waals surface area contributed by atoms with Crippen molar-refractivity contribution >= 4 is 44.9 Å². The molecule has 0 N–H and O–H groups in total. The van der Waals surface area contributed by atoms with Crippen molar-refractivity contribution in [3.63, 3.8) is 0 Å². The Bertz CT molecular complexity index is 403. The van der Waals surface area contributed by atoms with Gasteiger partial charge in [0, 0.05) is 37.7 Å². The molecule has 3 nitrogen and oxygen atoms in total. The quantitative estimate of drug-likeness (QED) is 0.778. The van der Waals surface area contributed by atoms with Gasteiger partial charge in [-0.05, 0) is 19.0 Å². The summed E-state index contributed by atoms with van der Waals surface area (Å²) < 4.78 is 0. The van der Waals surface area contributed by atoms with E-state index in [-0.39, 0.29) is 0 Å². The molecule has 100 valence electrons. The molecule has 1 aliphatic heterocycles. The van der Waals surface area contributed by atoms with Crippen molar-refractivity contribution in [2.24, 2.45) is 0 Å². The zero-order valence-electron chi connectivity index (χ0n) is 10.1. The van der Waals surface area contributed by atoms with E-state index in [4.69, 9.17) is 23.2 Å². The Kier molecular flexibility index (Phi) is 5.55. The maximum absolute atomic E-state index is 6.20. The number of nitrogens with zero attached hydrogens (tertiary/aromatic N) is 3. The van der Waals surface area contributed by atoms with Gasteiger partial charge in [-0.25, -0.2) is 4.98 Å². The van der Waals surface area contributed by atoms with Crippen LogP contribution in [-0.4, -0.2) is 47.9 Å². The molecule has 18 heavy (non-hydrogen) atoms. The summed E-state index contributed by atoms with van der Waals surface area (Å²) in [4.78, 5) is 9.05. The van der Waals surface area contributed by atoms with Gasteiger partial charge in [-0.2, -0.15) is 0 Å². The fraction of sp³-hybridized carbons (Fsp3) is 0.583. The second-order valence-electron chi connectivity index (χ2n) is 4.33. The molecule has 0 amide bonds. The molecule has 0 saturated carbocycles. The summed E-state index contributed by atoms with van der Waals surface area (Å²) in [6.45, 7) is 5.23. The van der Waals surface area contributed by atoms with Gasteiger partial charge in [-0.15, -0.1) is 0 Å². The van der Waals surface area contributed by atoms with Gasteiger partial charge in [0.25, 0.3) is 0 Å². The van der Waals surface area contributed by atoms with Crippen LogP contribution in [0.25, 0.3) is 0 Å². The van der Waals surface area contributed by atoms with Crippen LogP contribution in [0.4, 0.5) is 5.82 Å². The molecule has 6 heteroatoms. The molecular formula is C12H16BrCl2N3. The van der Waals surface area contributed by atoms with Crippen LogP contribution in [0.1, 0.15) is 6.42 Å². The molecule has 0 aromatic carbocycles. The van der Waals surface area contributed by atoms with Gasteiger partial charge in [0.1, 0.15) is 5.82 Å². The highest BCUT2D eigenvalue weighted by molar-refractivity contribution is 9.09. The van der Waals surface area contributed by atoms with E-state index in [1.807, 2.05) is 0 Å². The summed E-state index contributed by atoms with van der Waals surface area (Å²) in [6, 6.07) is 1.76. The van der Waals surface area contributed by atoms with Gasteiger partial charge in [-0.3, -0.25) is 0 Å². The predicted molar refractivity (Wildman–Crippen MR) is 81.3 cm³/mol. The molecule has 0 spiro atoms. The molecule has 0 unspecified atom stereocenters. The Balaban J connectivity index is 2.05. The van der Waals surface area contributed by atoms with E-state index >= 15 is 0 Å². The van der Waals surface area contributed by atoms with Crippen molar-refractivity contribution in [2.45, 2.75) is 6.42 Å². The number of anilines is 1. The third kappa shape index (κ3) is 3.73. The first-order valence-corrected chi connectivity index (χ1v) is 7.93. The third-order valence-electron chi connectivity index (χ3n) is 3.08. The second-order valence-corrected chi connectivity index (χ2v) is 5.97. The Hall–Kier alpha value is -0.0300. The molecule has 0 bridgehead atoms. The molecule has 1 aromatic rings. The maximum atomic E-state index is 6.20. The molecular weight excluding hydrogens is 337 g/mol. The lowest BCUT2D eigenvalue weighted by molar-refractivity contribution is 0.313. The number of hydrogen-bond donors (Lipinski definition) is 0. The Morgan fingerprint density at radius 1 is 1.22 bits per heavy atom. The number of rotatable bonds is 3. The van der Waals surface area contributed by atoms with E-state index in [1.165, 1.54) is 0 Å². The standard InChI is InChI=1S/C12H16BrCl2N3/c13-2-5-17-3-1-4-18(7-6-17)12-11(15)8-10(14)9-16-12/h8-9H,1-7H2.